The van der Waals surface area contributed by atoms with E-state index in [4.69, 9.17) is 0 Å². The molecule has 2 N–H and O–H groups in total. The molecule has 1 amide bonds. The number of aryl methyl sites for hydroxylation is 3. The van der Waals surface area contributed by atoms with E-state index in [0.717, 1.165) is 48.3 Å². The van der Waals surface area contributed by atoms with Crippen LogP contribution in [0.4, 0.5) is 10.8 Å². The molecule has 0 bridgehead atoms. The molecule has 0 fully saturated rings. The van der Waals surface area contributed by atoms with Crippen molar-refractivity contribution in [1.82, 2.24) is 15.2 Å². The van der Waals surface area contributed by atoms with Gasteiger partial charge in [-0.25, -0.2) is 13.4 Å². The topological polar surface area (TPSA) is 138 Å². The maximum atomic E-state index is 12.5. The molecular weight excluding hydrogens is 480 g/mol. The first-order valence-corrected chi connectivity index (χ1v) is 13.4. The van der Waals surface area contributed by atoms with Crippen molar-refractivity contribution in [3.05, 3.63) is 52.2 Å². The van der Waals surface area contributed by atoms with Crippen molar-refractivity contribution in [2.45, 2.75) is 42.5 Å². The molecule has 2 heterocycles. The minimum atomic E-state index is -3.80. The highest BCUT2D eigenvalue weighted by atomic mass is 32.2. The Morgan fingerprint density at radius 2 is 1.97 bits per heavy atom. The molecule has 0 unspecified atom stereocenters. The smallest absolute Gasteiger partial charge is 0.263 e. The lowest BCUT2D eigenvalue weighted by molar-refractivity contribution is -0.113. The minimum Gasteiger partial charge on any atom is -0.325 e. The number of thioether (sulfide) groups is 1. The lowest BCUT2D eigenvalue weighted by atomic mass is 9.95. The fourth-order valence-corrected chi connectivity index (χ4v) is 5.96. The van der Waals surface area contributed by atoms with E-state index in [2.05, 4.69) is 31.3 Å². The molecule has 9 nitrogen and oxygen atoms in total. The SMILES string of the molecule is Cc1nnc(NS(=O)(=O)c2ccc(NC(=O)CSc3nc4c(cc3C#N)CCCC4)cc2)s1. The normalized spacial score (nSPS) is 13.1. The molecule has 33 heavy (non-hydrogen) atoms. The van der Waals surface area contributed by atoms with Crippen LogP contribution in [0, 0.1) is 18.3 Å². The van der Waals surface area contributed by atoms with Crippen molar-refractivity contribution in [2.24, 2.45) is 0 Å². The van der Waals surface area contributed by atoms with E-state index in [1.807, 2.05) is 6.07 Å². The number of nitriles is 1. The summed E-state index contributed by atoms with van der Waals surface area (Å²) in [6, 6.07) is 9.89. The van der Waals surface area contributed by atoms with Crippen LogP contribution in [0.25, 0.3) is 0 Å². The number of hydrogen-bond acceptors (Lipinski definition) is 9. The van der Waals surface area contributed by atoms with Crippen LogP contribution in [-0.2, 0) is 27.7 Å². The molecule has 1 aliphatic rings. The molecule has 3 aromatic rings. The van der Waals surface area contributed by atoms with Crippen LogP contribution in [0.2, 0.25) is 0 Å². The summed E-state index contributed by atoms with van der Waals surface area (Å²) < 4.78 is 27.3. The molecule has 4 rings (SSSR count). The van der Waals surface area contributed by atoms with Gasteiger partial charge in [0.1, 0.15) is 16.1 Å². The summed E-state index contributed by atoms with van der Waals surface area (Å²) in [5.74, 6) is -0.195. The maximum absolute atomic E-state index is 12.5. The van der Waals surface area contributed by atoms with Crippen LogP contribution >= 0.6 is 23.1 Å². The van der Waals surface area contributed by atoms with Crippen molar-refractivity contribution in [2.75, 3.05) is 15.8 Å². The lowest BCUT2D eigenvalue weighted by Crippen LogP contribution is -2.15. The summed E-state index contributed by atoms with van der Waals surface area (Å²) in [5, 5.41) is 21.1. The fourth-order valence-electron chi connectivity index (χ4n) is 3.36. The zero-order valence-corrected chi connectivity index (χ0v) is 20.1. The summed E-state index contributed by atoms with van der Waals surface area (Å²) in [4.78, 5) is 17.1. The number of carbonyl (C=O) groups is 1. The predicted octanol–water partition coefficient (Wildman–Crippen LogP) is 3.52. The fraction of sp³-hybridized carbons (Fsp3) is 0.286. The van der Waals surface area contributed by atoms with E-state index in [1.54, 1.807) is 6.92 Å². The molecule has 0 radical (unpaired) electrons. The Kier molecular flexibility index (Phi) is 6.92. The number of nitrogens with one attached hydrogen (secondary N) is 2. The van der Waals surface area contributed by atoms with Gasteiger partial charge in [-0.15, -0.1) is 10.2 Å². The number of rotatable bonds is 7. The zero-order chi connectivity index (χ0) is 23.4. The van der Waals surface area contributed by atoms with Gasteiger partial charge >= 0.3 is 0 Å². The number of pyridine rings is 1. The summed E-state index contributed by atoms with van der Waals surface area (Å²) in [6.45, 7) is 1.73. The first-order valence-electron chi connectivity index (χ1n) is 10.1. The van der Waals surface area contributed by atoms with Crippen molar-refractivity contribution in [1.29, 1.82) is 5.26 Å². The van der Waals surface area contributed by atoms with Gasteiger partial charge in [-0.1, -0.05) is 23.1 Å². The monoisotopic (exact) mass is 500 g/mol. The van der Waals surface area contributed by atoms with E-state index in [9.17, 15) is 18.5 Å². The molecule has 12 heteroatoms. The van der Waals surface area contributed by atoms with Crippen LogP contribution in [0.15, 0.2) is 40.3 Å². The van der Waals surface area contributed by atoms with Gasteiger partial charge in [0.15, 0.2) is 0 Å². The Balaban J connectivity index is 1.37. The Labute approximate surface area is 199 Å². The zero-order valence-electron chi connectivity index (χ0n) is 17.7. The molecule has 0 atom stereocenters. The Morgan fingerprint density at radius 1 is 1.21 bits per heavy atom. The predicted molar refractivity (Wildman–Crippen MR) is 127 cm³/mol. The summed E-state index contributed by atoms with van der Waals surface area (Å²) in [5.41, 5.74) is 3.08. The molecular formula is C21H20N6O3S3. The van der Waals surface area contributed by atoms with Crippen molar-refractivity contribution in [3.8, 4) is 6.07 Å². The average Bonchev–Trinajstić information content (AvgIpc) is 3.21. The minimum absolute atomic E-state index is 0.0413. The van der Waals surface area contributed by atoms with Crippen molar-refractivity contribution < 1.29 is 13.2 Å². The molecule has 1 aliphatic carbocycles. The number of aromatic nitrogens is 3. The number of nitrogens with zero attached hydrogens (tertiary/aromatic N) is 4. The van der Waals surface area contributed by atoms with Crippen molar-refractivity contribution in [3.63, 3.8) is 0 Å². The summed E-state index contributed by atoms with van der Waals surface area (Å²) in [6.07, 6.45) is 4.01. The molecule has 1 aromatic carbocycles. The van der Waals surface area contributed by atoms with Crippen LogP contribution in [-0.4, -0.2) is 35.3 Å². The second-order valence-corrected chi connectivity index (χ2v) is 11.2. The first-order chi connectivity index (χ1) is 15.8. The average molecular weight is 501 g/mol. The standard InChI is InChI=1S/C21H20N6O3S3/c1-13-25-26-21(32-13)27-33(29,30)17-8-6-16(7-9-17)23-19(28)12-31-20-15(11-22)10-14-4-2-3-5-18(14)24-20/h6-10H,2-5,12H2,1H3,(H,23,28)(H,26,27). The summed E-state index contributed by atoms with van der Waals surface area (Å²) in [7, 11) is -3.80. The first kappa shape index (κ1) is 23.2. The molecule has 0 spiro atoms. The van der Waals surface area contributed by atoms with Gasteiger partial charge in [-0.05, 0) is 68.5 Å². The van der Waals surface area contributed by atoms with Crippen LogP contribution < -0.4 is 10.0 Å². The van der Waals surface area contributed by atoms with Crippen molar-refractivity contribution >= 4 is 49.8 Å². The third-order valence-electron chi connectivity index (χ3n) is 4.92. The van der Waals surface area contributed by atoms with Gasteiger partial charge < -0.3 is 5.32 Å². The number of amides is 1. The second-order valence-electron chi connectivity index (χ2n) is 7.36. The number of fused-ring (bicyclic) bond motifs is 1. The Morgan fingerprint density at radius 3 is 2.67 bits per heavy atom. The van der Waals surface area contributed by atoms with Gasteiger partial charge in [0.25, 0.3) is 10.0 Å². The number of benzene rings is 1. The van der Waals surface area contributed by atoms with E-state index in [0.29, 0.717) is 21.3 Å². The lowest BCUT2D eigenvalue weighted by Gasteiger charge is -2.16. The molecule has 0 saturated carbocycles. The van der Waals surface area contributed by atoms with Gasteiger partial charge in [0.2, 0.25) is 11.0 Å². The highest BCUT2D eigenvalue weighted by Gasteiger charge is 2.18. The highest BCUT2D eigenvalue weighted by molar-refractivity contribution is 8.00. The van der Waals surface area contributed by atoms with Gasteiger partial charge in [-0.3, -0.25) is 9.52 Å². The van der Waals surface area contributed by atoms with Crippen LogP contribution in [0.5, 0.6) is 0 Å². The van der Waals surface area contributed by atoms with E-state index < -0.39 is 10.0 Å². The number of hydrogen-bond donors (Lipinski definition) is 2. The second kappa shape index (κ2) is 9.86. The highest BCUT2D eigenvalue weighted by Crippen LogP contribution is 2.27. The number of sulfonamides is 1. The molecule has 0 aliphatic heterocycles. The largest absolute Gasteiger partial charge is 0.325 e. The Hall–Kier alpha value is -3.01. The van der Waals surface area contributed by atoms with Crippen LogP contribution in [0.3, 0.4) is 0 Å². The van der Waals surface area contributed by atoms with E-state index in [-0.39, 0.29) is 21.7 Å². The number of carbonyl (C=O) groups excluding carboxylic acids is 1. The van der Waals surface area contributed by atoms with Gasteiger partial charge in [0.05, 0.1) is 16.2 Å². The number of anilines is 2. The maximum Gasteiger partial charge on any atom is 0.263 e. The van der Waals surface area contributed by atoms with Gasteiger partial charge in [0, 0.05) is 11.4 Å². The molecule has 0 saturated heterocycles. The van der Waals surface area contributed by atoms with E-state index >= 15 is 0 Å². The quantitative estimate of drug-likeness (QED) is 0.470. The van der Waals surface area contributed by atoms with E-state index in [1.165, 1.54) is 36.0 Å². The van der Waals surface area contributed by atoms with Gasteiger partial charge in [-0.2, -0.15) is 5.26 Å². The Bertz CT molecular complexity index is 1330. The van der Waals surface area contributed by atoms with Crippen LogP contribution in [0.1, 0.15) is 34.7 Å². The molecule has 2 aromatic heterocycles. The third kappa shape index (κ3) is 5.68. The summed E-state index contributed by atoms with van der Waals surface area (Å²) >= 11 is 2.36. The third-order valence-corrected chi connectivity index (χ3v) is 8.15. The molecule has 170 valence electrons.